The second-order valence-corrected chi connectivity index (χ2v) is 6.77. The highest BCUT2D eigenvalue weighted by molar-refractivity contribution is 7.17. The molecule has 7 nitrogen and oxygen atoms in total. The molecular weight excluding hydrogens is 344 g/mol. The normalized spacial score (nSPS) is 11.8. The molecule has 25 heavy (non-hydrogen) atoms. The fourth-order valence-electron chi connectivity index (χ4n) is 2.00. The molecule has 0 aliphatic rings. The number of thiophene rings is 1. The van der Waals surface area contributed by atoms with E-state index in [-0.39, 0.29) is 9.88 Å². The summed E-state index contributed by atoms with van der Waals surface area (Å²) >= 11 is 0.706. The molecule has 0 saturated heterocycles. The van der Waals surface area contributed by atoms with Gasteiger partial charge in [-0.25, -0.2) is 4.79 Å². The van der Waals surface area contributed by atoms with E-state index in [4.69, 9.17) is 4.74 Å². The number of carbonyl (C=O) groups excluding carboxylic acids is 2. The standard InChI is InChI=1S/C17H18N2O5S/c1-10(2)12-4-6-13(7-5-12)18-16(20)11(3)24-17(21)14-8-9-15(25-14)19(22)23/h4-11H,1-3H3,(H,18,20)/t11-/m1/s1. The van der Waals surface area contributed by atoms with Crippen molar-refractivity contribution in [3.8, 4) is 0 Å². The summed E-state index contributed by atoms with van der Waals surface area (Å²) in [5, 5.41) is 13.1. The molecule has 1 heterocycles. The molecular formula is C17H18N2O5S. The third kappa shape index (κ3) is 4.87. The number of nitro groups is 1. The minimum Gasteiger partial charge on any atom is -0.448 e. The van der Waals surface area contributed by atoms with Gasteiger partial charge in [0.25, 0.3) is 5.91 Å². The van der Waals surface area contributed by atoms with Crippen molar-refractivity contribution in [2.45, 2.75) is 32.8 Å². The number of esters is 1. The first-order chi connectivity index (χ1) is 11.8. The lowest BCUT2D eigenvalue weighted by atomic mass is 10.0. The average Bonchev–Trinajstić information content (AvgIpc) is 3.05. The Kier molecular flexibility index (Phi) is 5.87. The van der Waals surface area contributed by atoms with Gasteiger partial charge in [-0.05, 0) is 36.6 Å². The maximum Gasteiger partial charge on any atom is 0.349 e. The Morgan fingerprint density at radius 2 is 1.76 bits per heavy atom. The van der Waals surface area contributed by atoms with Crippen LogP contribution in [0.15, 0.2) is 36.4 Å². The van der Waals surface area contributed by atoms with Gasteiger partial charge in [0.1, 0.15) is 4.88 Å². The van der Waals surface area contributed by atoms with E-state index >= 15 is 0 Å². The van der Waals surface area contributed by atoms with Gasteiger partial charge in [-0.15, -0.1) is 0 Å². The Morgan fingerprint density at radius 3 is 2.28 bits per heavy atom. The number of ether oxygens (including phenoxy) is 1. The summed E-state index contributed by atoms with van der Waals surface area (Å²) in [4.78, 5) is 34.2. The minimum absolute atomic E-state index is 0.0765. The Balaban J connectivity index is 1.94. The molecule has 1 atom stereocenters. The fraction of sp³-hybridized carbons (Fsp3) is 0.294. The van der Waals surface area contributed by atoms with Crippen molar-refractivity contribution in [1.82, 2.24) is 0 Å². The van der Waals surface area contributed by atoms with Crippen LogP contribution in [-0.4, -0.2) is 22.9 Å². The largest absolute Gasteiger partial charge is 0.448 e. The molecule has 0 saturated carbocycles. The molecule has 1 amide bonds. The molecule has 0 aliphatic carbocycles. The van der Waals surface area contributed by atoms with Gasteiger partial charge >= 0.3 is 11.0 Å². The van der Waals surface area contributed by atoms with Gasteiger partial charge in [0, 0.05) is 11.8 Å². The summed E-state index contributed by atoms with van der Waals surface area (Å²) < 4.78 is 5.06. The van der Waals surface area contributed by atoms with Crippen LogP contribution in [0.4, 0.5) is 10.7 Å². The second-order valence-electron chi connectivity index (χ2n) is 5.71. The van der Waals surface area contributed by atoms with Crippen LogP contribution in [0.1, 0.15) is 41.9 Å². The molecule has 2 aromatic rings. The van der Waals surface area contributed by atoms with Crippen LogP contribution < -0.4 is 5.32 Å². The van der Waals surface area contributed by atoms with Crippen LogP contribution in [-0.2, 0) is 9.53 Å². The van der Waals surface area contributed by atoms with E-state index < -0.39 is 22.9 Å². The molecule has 8 heteroatoms. The number of nitrogens with one attached hydrogen (secondary N) is 1. The Bertz CT molecular complexity index is 783. The van der Waals surface area contributed by atoms with Gasteiger partial charge in [-0.2, -0.15) is 0 Å². The Morgan fingerprint density at radius 1 is 1.12 bits per heavy atom. The first-order valence-corrected chi connectivity index (χ1v) is 8.45. The van der Waals surface area contributed by atoms with Crippen molar-refractivity contribution in [3.63, 3.8) is 0 Å². The fourth-order valence-corrected chi connectivity index (χ4v) is 2.71. The zero-order valence-electron chi connectivity index (χ0n) is 14.0. The van der Waals surface area contributed by atoms with Crippen molar-refractivity contribution in [3.05, 3.63) is 57.0 Å². The lowest BCUT2D eigenvalue weighted by Crippen LogP contribution is -2.29. The van der Waals surface area contributed by atoms with E-state index in [2.05, 4.69) is 19.2 Å². The van der Waals surface area contributed by atoms with Crippen molar-refractivity contribution < 1.29 is 19.2 Å². The van der Waals surface area contributed by atoms with E-state index in [1.165, 1.54) is 19.1 Å². The summed E-state index contributed by atoms with van der Waals surface area (Å²) in [6, 6.07) is 9.93. The average molecular weight is 362 g/mol. The molecule has 1 aromatic heterocycles. The van der Waals surface area contributed by atoms with Crippen LogP contribution in [0.25, 0.3) is 0 Å². The lowest BCUT2D eigenvalue weighted by molar-refractivity contribution is -0.380. The second kappa shape index (κ2) is 7.89. The molecule has 132 valence electrons. The van der Waals surface area contributed by atoms with E-state index in [1.54, 1.807) is 12.1 Å². The highest BCUT2D eigenvalue weighted by Crippen LogP contribution is 2.25. The number of nitrogens with zero attached hydrogens (tertiary/aromatic N) is 1. The van der Waals surface area contributed by atoms with E-state index in [0.717, 1.165) is 5.56 Å². The van der Waals surface area contributed by atoms with Crippen LogP contribution in [0.3, 0.4) is 0 Å². The zero-order valence-corrected chi connectivity index (χ0v) is 14.8. The summed E-state index contributed by atoms with van der Waals surface area (Å²) in [5.41, 5.74) is 1.75. The maximum atomic E-state index is 12.1. The number of carbonyl (C=O) groups is 2. The van der Waals surface area contributed by atoms with Gasteiger partial charge in [-0.3, -0.25) is 14.9 Å². The van der Waals surface area contributed by atoms with E-state index in [1.807, 2.05) is 12.1 Å². The minimum atomic E-state index is -1.03. The van der Waals surface area contributed by atoms with E-state index in [0.29, 0.717) is 22.9 Å². The Hall–Kier alpha value is -2.74. The molecule has 0 fully saturated rings. The number of benzene rings is 1. The molecule has 1 N–H and O–H groups in total. The van der Waals surface area contributed by atoms with Crippen LogP contribution in [0, 0.1) is 10.1 Å². The molecule has 0 radical (unpaired) electrons. The van der Waals surface area contributed by atoms with Crippen molar-refractivity contribution >= 4 is 33.9 Å². The Labute approximate surface area is 148 Å². The first kappa shape index (κ1) is 18.6. The van der Waals surface area contributed by atoms with Gasteiger partial charge in [0.2, 0.25) is 0 Å². The number of amides is 1. The van der Waals surface area contributed by atoms with Crippen LogP contribution in [0.2, 0.25) is 0 Å². The molecule has 0 spiro atoms. The highest BCUT2D eigenvalue weighted by Gasteiger charge is 2.22. The monoisotopic (exact) mass is 362 g/mol. The molecule has 2 rings (SSSR count). The number of rotatable bonds is 6. The predicted octanol–water partition coefficient (Wildman–Crippen LogP) is 3.96. The smallest absolute Gasteiger partial charge is 0.349 e. The summed E-state index contributed by atoms with van der Waals surface area (Å²) in [6.45, 7) is 5.59. The van der Waals surface area contributed by atoms with Crippen LogP contribution in [0.5, 0.6) is 0 Å². The third-order valence-corrected chi connectivity index (χ3v) is 4.49. The summed E-state index contributed by atoms with van der Waals surface area (Å²) in [7, 11) is 0. The van der Waals surface area contributed by atoms with Gasteiger partial charge in [0.05, 0.1) is 4.92 Å². The predicted molar refractivity (Wildman–Crippen MR) is 95.0 cm³/mol. The lowest BCUT2D eigenvalue weighted by Gasteiger charge is -2.13. The van der Waals surface area contributed by atoms with Gasteiger partial charge in [0.15, 0.2) is 6.10 Å². The molecule has 1 aromatic carbocycles. The topological polar surface area (TPSA) is 98.5 Å². The molecule has 0 bridgehead atoms. The molecule has 0 aliphatic heterocycles. The number of hydrogen-bond donors (Lipinski definition) is 1. The van der Waals surface area contributed by atoms with E-state index in [9.17, 15) is 19.7 Å². The summed E-state index contributed by atoms with van der Waals surface area (Å²) in [6.07, 6.45) is -1.03. The maximum absolute atomic E-state index is 12.1. The summed E-state index contributed by atoms with van der Waals surface area (Å²) in [5.74, 6) is -0.855. The molecule has 0 unspecified atom stereocenters. The van der Waals surface area contributed by atoms with Crippen molar-refractivity contribution in [1.29, 1.82) is 0 Å². The van der Waals surface area contributed by atoms with Gasteiger partial charge in [-0.1, -0.05) is 37.3 Å². The SMILES string of the molecule is CC(C)c1ccc(NC(=O)[C@@H](C)OC(=O)c2ccc([N+](=O)[O-])s2)cc1. The van der Waals surface area contributed by atoms with Crippen LogP contribution >= 0.6 is 11.3 Å². The van der Waals surface area contributed by atoms with Crippen molar-refractivity contribution in [2.24, 2.45) is 0 Å². The number of hydrogen-bond acceptors (Lipinski definition) is 6. The quantitative estimate of drug-likeness (QED) is 0.476. The number of anilines is 1. The zero-order chi connectivity index (χ0) is 18.6. The van der Waals surface area contributed by atoms with Crippen molar-refractivity contribution in [2.75, 3.05) is 5.32 Å². The third-order valence-electron chi connectivity index (χ3n) is 3.47. The first-order valence-electron chi connectivity index (χ1n) is 7.64. The van der Waals surface area contributed by atoms with Gasteiger partial charge < -0.3 is 10.1 Å². The highest BCUT2D eigenvalue weighted by atomic mass is 32.1.